The van der Waals surface area contributed by atoms with Crippen molar-refractivity contribution in [2.45, 2.75) is 44.7 Å². The van der Waals surface area contributed by atoms with Crippen molar-refractivity contribution in [3.05, 3.63) is 0 Å². The van der Waals surface area contributed by atoms with Gasteiger partial charge in [0.15, 0.2) is 0 Å². The number of alkyl halides is 3. The Kier molecular flexibility index (Phi) is 4.01. The summed E-state index contributed by atoms with van der Waals surface area (Å²) >= 11 is 0. The Morgan fingerprint density at radius 3 is 2.50 bits per heavy atom. The SMILES string of the molecule is FC(F)(F)C1CCN(CC2CCCNC2)CC12CCC2. The number of nitrogens with one attached hydrogen (secondary N) is 1. The van der Waals surface area contributed by atoms with E-state index in [2.05, 4.69) is 10.2 Å². The van der Waals surface area contributed by atoms with Crippen LogP contribution in [0.25, 0.3) is 0 Å². The minimum Gasteiger partial charge on any atom is -0.316 e. The van der Waals surface area contributed by atoms with Crippen LogP contribution < -0.4 is 5.32 Å². The molecule has 1 aliphatic carbocycles. The lowest BCUT2D eigenvalue weighted by Gasteiger charge is -2.54. The lowest BCUT2D eigenvalue weighted by Crippen LogP contribution is -2.57. The Morgan fingerprint density at radius 2 is 1.95 bits per heavy atom. The summed E-state index contributed by atoms with van der Waals surface area (Å²) in [5.74, 6) is -0.423. The first-order valence-electron chi connectivity index (χ1n) is 7.99. The van der Waals surface area contributed by atoms with Gasteiger partial charge in [0.25, 0.3) is 0 Å². The van der Waals surface area contributed by atoms with Crippen molar-refractivity contribution in [1.82, 2.24) is 10.2 Å². The minimum absolute atomic E-state index is 0.309. The zero-order chi connectivity index (χ0) is 14.2. The number of piperidine rings is 2. The molecule has 116 valence electrons. The van der Waals surface area contributed by atoms with E-state index < -0.39 is 17.5 Å². The third-order valence-corrected chi connectivity index (χ3v) is 5.67. The summed E-state index contributed by atoms with van der Waals surface area (Å²) in [6, 6.07) is 0. The van der Waals surface area contributed by atoms with Gasteiger partial charge >= 0.3 is 6.18 Å². The summed E-state index contributed by atoms with van der Waals surface area (Å²) in [6.07, 6.45) is 1.26. The maximum absolute atomic E-state index is 13.2. The molecule has 2 aliphatic heterocycles. The number of nitrogens with zero attached hydrogens (tertiary/aromatic N) is 1. The molecule has 0 aromatic rings. The van der Waals surface area contributed by atoms with E-state index in [0.717, 1.165) is 38.9 Å². The van der Waals surface area contributed by atoms with Crippen molar-refractivity contribution in [2.75, 3.05) is 32.7 Å². The van der Waals surface area contributed by atoms with Crippen LogP contribution in [0.3, 0.4) is 0 Å². The smallest absolute Gasteiger partial charge is 0.316 e. The average Bonchev–Trinajstić information content (AvgIpc) is 2.36. The monoisotopic (exact) mass is 290 g/mol. The number of rotatable bonds is 2. The Hall–Kier alpha value is -0.290. The molecule has 2 heterocycles. The van der Waals surface area contributed by atoms with Gasteiger partial charge in [-0.15, -0.1) is 0 Å². The average molecular weight is 290 g/mol. The largest absolute Gasteiger partial charge is 0.392 e. The Bertz CT molecular complexity index is 333. The highest BCUT2D eigenvalue weighted by molar-refractivity contribution is 5.01. The summed E-state index contributed by atoms with van der Waals surface area (Å²) in [5, 5.41) is 3.40. The topological polar surface area (TPSA) is 15.3 Å². The highest BCUT2D eigenvalue weighted by Crippen LogP contribution is 2.56. The van der Waals surface area contributed by atoms with E-state index in [4.69, 9.17) is 0 Å². The lowest BCUT2D eigenvalue weighted by molar-refractivity contribution is -0.238. The molecule has 0 bridgehead atoms. The molecule has 2 unspecified atom stereocenters. The van der Waals surface area contributed by atoms with Crippen molar-refractivity contribution in [2.24, 2.45) is 17.3 Å². The molecule has 2 saturated heterocycles. The van der Waals surface area contributed by atoms with Crippen molar-refractivity contribution in [3.8, 4) is 0 Å². The van der Waals surface area contributed by atoms with Crippen molar-refractivity contribution < 1.29 is 13.2 Å². The van der Waals surface area contributed by atoms with Gasteiger partial charge in [0.2, 0.25) is 0 Å². The van der Waals surface area contributed by atoms with E-state index in [9.17, 15) is 13.2 Å². The number of halogens is 3. The third-order valence-electron chi connectivity index (χ3n) is 5.67. The van der Waals surface area contributed by atoms with Gasteiger partial charge in [-0.3, -0.25) is 0 Å². The zero-order valence-electron chi connectivity index (χ0n) is 12.0. The molecule has 1 spiro atoms. The lowest BCUT2D eigenvalue weighted by atomic mass is 9.58. The van der Waals surface area contributed by atoms with Gasteiger partial charge in [0, 0.05) is 13.1 Å². The van der Waals surface area contributed by atoms with E-state index >= 15 is 0 Å². The van der Waals surface area contributed by atoms with E-state index in [1.165, 1.54) is 12.8 Å². The van der Waals surface area contributed by atoms with Crippen LogP contribution >= 0.6 is 0 Å². The van der Waals surface area contributed by atoms with Crippen LogP contribution in [0.4, 0.5) is 13.2 Å². The summed E-state index contributed by atoms with van der Waals surface area (Å²) in [5.41, 5.74) is -0.446. The second-order valence-corrected chi connectivity index (χ2v) is 7.05. The summed E-state index contributed by atoms with van der Waals surface area (Å²) < 4.78 is 39.6. The maximum atomic E-state index is 13.2. The van der Waals surface area contributed by atoms with Gasteiger partial charge in [-0.1, -0.05) is 6.42 Å². The normalized spacial score (nSPS) is 35.0. The summed E-state index contributed by atoms with van der Waals surface area (Å²) in [7, 11) is 0. The standard InChI is InChI=1S/C15H25F3N2/c16-15(17,18)13-4-8-20(11-14(13)5-2-6-14)10-12-3-1-7-19-9-12/h12-13,19H,1-11H2. The maximum Gasteiger partial charge on any atom is 0.392 e. The van der Waals surface area contributed by atoms with Gasteiger partial charge in [-0.05, 0) is 63.1 Å². The first-order chi connectivity index (χ1) is 9.50. The highest BCUT2D eigenvalue weighted by atomic mass is 19.4. The van der Waals surface area contributed by atoms with Crippen molar-refractivity contribution >= 4 is 0 Å². The van der Waals surface area contributed by atoms with Gasteiger partial charge < -0.3 is 10.2 Å². The summed E-state index contributed by atoms with van der Waals surface area (Å²) in [4.78, 5) is 2.32. The van der Waals surface area contributed by atoms with Crippen LogP contribution in [0.5, 0.6) is 0 Å². The first kappa shape index (κ1) is 14.6. The van der Waals surface area contributed by atoms with Crippen molar-refractivity contribution in [1.29, 1.82) is 0 Å². The molecule has 3 rings (SSSR count). The third kappa shape index (κ3) is 2.84. The quantitative estimate of drug-likeness (QED) is 0.841. The zero-order valence-corrected chi connectivity index (χ0v) is 12.0. The minimum atomic E-state index is -4.00. The van der Waals surface area contributed by atoms with Crippen LogP contribution in [0, 0.1) is 17.3 Å². The van der Waals surface area contributed by atoms with E-state index in [1.54, 1.807) is 0 Å². The molecular weight excluding hydrogens is 265 g/mol. The van der Waals surface area contributed by atoms with Gasteiger partial charge in [-0.25, -0.2) is 0 Å². The molecular formula is C15H25F3N2. The van der Waals surface area contributed by atoms with Gasteiger partial charge in [0.05, 0.1) is 5.92 Å². The Morgan fingerprint density at radius 1 is 1.15 bits per heavy atom. The Labute approximate surface area is 119 Å². The van der Waals surface area contributed by atoms with Crippen LogP contribution in [0.1, 0.15) is 38.5 Å². The molecule has 1 saturated carbocycles. The number of hydrogen-bond acceptors (Lipinski definition) is 2. The molecule has 0 amide bonds. The summed E-state index contributed by atoms with van der Waals surface area (Å²) in [6.45, 7) is 4.41. The number of hydrogen-bond donors (Lipinski definition) is 1. The Balaban J connectivity index is 1.61. The van der Waals surface area contributed by atoms with Crippen LogP contribution in [-0.4, -0.2) is 43.8 Å². The fraction of sp³-hybridized carbons (Fsp3) is 1.00. The van der Waals surface area contributed by atoms with E-state index in [0.29, 0.717) is 25.4 Å². The van der Waals surface area contributed by atoms with Crippen molar-refractivity contribution in [3.63, 3.8) is 0 Å². The van der Waals surface area contributed by atoms with Gasteiger partial charge in [0.1, 0.15) is 0 Å². The van der Waals surface area contributed by atoms with E-state index in [-0.39, 0.29) is 0 Å². The predicted molar refractivity (Wildman–Crippen MR) is 72.5 cm³/mol. The molecule has 0 aromatic carbocycles. The second kappa shape index (κ2) is 5.48. The van der Waals surface area contributed by atoms with E-state index in [1.807, 2.05) is 0 Å². The molecule has 5 heteroatoms. The highest BCUT2D eigenvalue weighted by Gasteiger charge is 2.57. The molecule has 3 fully saturated rings. The molecule has 1 N–H and O–H groups in total. The van der Waals surface area contributed by atoms with Crippen LogP contribution in [0.2, 0.25) is 0 Å². The van der Waals surface area contributed by atoms with Crippen LogP contribution in [-0.2, 0) is 0 Å². The molecule has 2 atom stereocenters. The van der Waals surface area contributed by atoms with Crippen LogP contribution in [0.15, 0.2) is 0 Å². The molecule has 20 heavy (non-hydrogen) atoms. The first-order valence-corrected chi connectivity index (χ1v) is 7.99. The number of likely N-dealkylation sites (tertiary alicyclic amines) is 1. The second-order valence-electron chi connectivity index (χ2n) is 7.05. The molecule has 2 nitrogen and oxygen atoms in total. The predicted octanol–water partition coefficient (Wildman–Crippen LogP) is 3.04. The molecule has 3 aliphatic rings. The molecule has 0 aromatic heterocycles. The molecule has 0 radical (unpaired) electrons. The fourth-order valence-electron chi connectivity index (χ4n) is 4.50. The fourth-order valence-corrected chi connectivity index (χ4v) is 4.50. The van der Waals surface area contributed by atoms with Gasteiger partial charge in [-0.2, -0.15) is 13.2 Å².